The highest BCUT2D eigenvalue weighted by molar-refractivity contribution is 6.28. The van der Waals surface area contributed by atoms with Crippen LogP contribution in [0.1, 0.15) is 31.2 Å². The number of hydrogen-bond acceptors (Lipinski definition) is 10. The molecule has 2 aliphatic rings. The maximum Gasteiger partial charge on any atom is 0.251 e. The van der Waals surface area contributed by atoms with E-state index in [2.05, 4.69) is 42.0 Å². The molecule has 1 saturated carbocycles. The van der Waals surface area contributed by atoms with E-state index in [4.69, 9.17) is 23.1 Å². The van der Waals surface area contributed by atoms with E-state index in [0.717, 1.165) is 61.7 Å². The fraction of sp³-hybridized carbons (Fsp3) is 0.412. The summed E-state index contributed by atoms with van der Waals surface area (Å²) in [5.41, 5.74) is 16.3. The zero-order valence-corrected chi connectivity index (χ0v) is 27.3. The number of aromatic amines is 1. The predicted octanol–water partition coefficient (Wildman–Crippen LogP) is 3.53. The SMILES string of the molecule is CN1CCN(c2ncc(-c3cccc(C[C@H](N)C(=O)N(C(=O)C4CCC(CN)CC4)c4ccc(-c5n[nH]c(Cl)n5)cc4)c3)cn2)CC1. The third-order valence-corrected chi connectivity index (χ3v) is 9.44. The van der Waals surface area contributed by atoms with Gasteiger partial charge in [0.1, 0.15) is 0 Å². The van der Waals surface area contributed by atoms with Crippen LogP contribution in [0.2, 0.25) is 5.28 Å². The fourth-order valence-electron chi connectivity index (χ4n) is 6.35. The number of nitrogens with two attached hydrogens (primary N) is 2. The molecule has 1 atom stereocenters. The largest absolute Gasteiger partial charge is 0.338 e. The molecular formula is C34H41ClN10O2. The van der Waals surface area contributed by atoms with E-state index < -0.39 is 11.9 Å². The summed E-state index contributed by atoms with van der Waals surface area (Å²) in [6, 6.07) is 13.9. The minimum Gasteiger partial charge on any atom is -0.338 e. The van der Waals surface area contributed by atoms with Crippen LogP contribution in [0.3, 0.4) is 0 Å². The minimum absolute atomic E-state index is 0.175. The van der Waals surface area contributed by atoms with Gasteiger partial charge in [-0.15, -0.1) is 0 Å². The first-order valence-electron chi connectivity index (χ1n) is 16.2. The normalized spacial score (nSPS) is 19.4. The predicted molar refractivity (Wildman–Crippen MR) is 183 cm³/mol. The van der Waals surface area contributed by atoms with Gasteiger partial charge in [-0.2, -0.15) is 10.1 Å². The number of imide groups is 1. The van der Waals surface area contributed by atoms with E-state index in [1.165, 1.54) is 4.90 Å². The van der Waals surface area contributed by atoms with Gasteiger partial charge in [-0.05, 0) is 98.6 Å². The molecule has 246 valence electrons. The van der Waals surface area contributed by atoms with Gasteiger partial charge in [0.15, 0.2) is 5.82 Å². The molecule has 13 heteroatoms. The van der Waals surface area contributed by atoms with Crippen LogP contribution >= 0.6 is 11.6 Å². The first kappa shape index (κ1) is 32.7. The van der Waals surface area contributed by atoms with Crippen molar-refractivity contribution in [2.45, 2.75) is 38.1 Å². The maximum atomic E-state index is 14.1. The van der Waals surface area contributed by atoms with Crippen LogP contribution in [0.4, 0.5) is 11.6 Å². The molecule has 0 radical (unpaired) electrons. The number of carbonyl (C=O) groups is 2. The second-order valence-electron chi connectivity index (χ2n) is 12.5. The Hall–Kier alpha value is -4.23. The second-order valence-corrected chi connectivity index (χ2v) is 12.9. The van der Waals surface area contributed by atoms with Gasteiger partial charge in [-0.3, -0.25) is 9.59 Å². The Labute approximate surface area is 279 Å². The van der Waals surface area contributed by atoms with Gasteiger partial charge in [0.25, 0.3) is 5.91 Å². The average molecular weight is 657 g/mol. The molecule has 5 N–H and O–H groups in total. The van der Waals surface area contributed by atoms with Gasteiger partial charge in [-0.25, -0.2) is 20.0 Å². The molecule has 1 aliphatic carbocycles. The molecule has 2 aromatic heterocycles. The van der Waals surface area contributed by atoms with Crippen molar-refractivity contribution >= 4 is 35.1 Å². The van der Waals surface area contributed by atoms with Gasteiger partial charge in [0, 0.05) is 55.6 Å². The molecule has 2 fully saturated rings. The number of H-pyrrole nitrogens is 1. The number of amides is 2. The Morgan fingerprint density at radius 3 is 2.32 bits per heavy atom. The van der Waals surface area contributed by atoms with Crippen molar-refractivity contribution in [3.05, 3.63) is 71.8 Å². The van der Waals surface area contributed by atoms with E-state index in [1.54, 1.807) is 24.3 Å². The fourth-order valence-corrected chi connectivity index (χ4v) is 6.47. The summed E-state index contributed by atoms with van der Waals surface area (Å²) in [4.78, 5) is 47.2. The molecule has 6 rings (SSSR count). The van der Waals surface area contributed by atoms with Crippen molar-refractivity contribution < 1.29 is 9.59 Å². The van der Waals surface area contributed by atoms with Gasteiger partial charge in [-0.1, -0.05) is 24.3 Å². The lowest BCUT2D eigenvalue weighted by atomic mass is 9.81. The number of rotatable bonds is 9. The highest BCUT2D eigenvalue weighted by Crippen LogP contribution is 2.32. The molecule has 12 nitrogen and oxygen atoms in total. The van der Waals surface area contributed by atoms with Crippen molar-refractivity contribution in [2.24, 2.45) is 23.3 Å². The highest BCUT2D eigenvalue weighted by atomic mass is 35.5. The Balaban J connectivity index is 1.19. The molecule has 2 aromatic carbocycles. The van der Waals surface area contributed by atoms with Crippen LogP contribution in [-0.4, -0.2) is 87.7 Å². The Bertz CT molecular complexity index is 1660. The summed E-state index contributed by atoms with van der Waals surface area (Å²) in [5, 5.41) is 6.88. The standard InChI is InChI=1S/C34H41ClN10O2/c1-43-13-15-44(16-14-43)34-38-20-27(21-39-34)26-4-2-3-23(17-26)18-29(37)32(47)45(31(46)25-7-5-22(19-36)6-8-25)28-11-9-24(10-12-28)30-40-33(35)42-41-30/h2-4,9-12,17,20-22,25,29H,5-8,13-16,18-19,36-37H2,1H3,(H,40,41,42)/t22?,25?,29-/m0/s1. The molecule has 3 heterocycles. The molecule has 4 aromatic rings. The van der Waals surface area contributed by atoms with Gasteiger partial charge < -0.3 is 21.3 Å². The quantitative estimate of drug-likeness (QED) is 0.243. The summed E-state index contributed by atoms with van der Waals surface area (Å²) < 4.78 is 0. The summed E-state index contributed by atoms with van der Waals surface area (Å²) in [7, 11) is 2.12. The van der Waals surface area contributed by atoms with Crippen molar-refractivity contribution in [3.63, 3.8) is 0 Å². The van der Waals surface area contributed by atoms with E-state index in [9.17, 15) is 9.59 Å². The number of aromatic nitrogens is 5. The third-order valence-electron chi connectivity index (χ3n) is 9.27. The molecule has 47 heavy (non-hydrogen) atoms. The number of hydrogen-bond donors (Lipinski definition) is 3. The van der Waals surface area contributed by atoms with Gasteiger partial charge in [0.2, 0.25) is 17.1 Å². The number of carbonyl (C=O) groups excluding carboxylic acids is 2. The van der Waals surface area contributed by atoms with Crippen molar-refractivity contribution in [2.75, 3.05) is 49.6 Å². The summed E-state index contributed by atoms with van der Waals surface area (Å²) in [6.45, 7) is 4.35. The molecule has 0 spiro atoms. The molecule has 2 amide bonds. The second kappa shape index (κ2) is 14.7. The zero-order chi connectivity index (χ0) is 32.9. The lowest BCUT2D eigenvalue weighted by molar-refractivity contribution is -0.130. The van der Waals surface area contributed by atoms with E-state index in [1.807, 2.05) is 36.7 Å². The van der Waals surface area contributed by atoms with Crippen LogP contribution in [0.15, 0.2) is 60.9 Å². The van der Waals surface area contributed by atoms with Crippen LogP contribution in [0.5, 0.6) is 0 Å². The number of nitrogens with one attached hydrogen (secondary N) is 1. The zero-order valence-electron chi connectivity index (χ0n) is 26.6. The maximum absolute atomic E-state index is 14.1. The van der Waals surface area contributed by atoms with Crippen molar-refractivity contribution in [1.29, 1.82) is 0 Å². The first-order chi connectivity index (χ1) is 22.8. The number of halogens is 1. The number of anilines is 2. The van der Waals surface area contributed by atoms with Crippen LogP contribution in [-0.2, 0) is 16.0 Å². The van der Waals surface area contributed by atoms with Crippen LogP contribution < -0.4 is 21.3 Å². The molecule has 0 unspecified atom stereocenters. The van der Waals surface area contributed by atoms with Crippen LogP contribution in [0, 0.1) is 11.8 Å². The number of piperazine rings is 1. The number of benzene rings is 2. The van der Waals surface area contributed by atoms with Gasteiger partial charge in [0.05, 0.1) is 11.7 Å². The van der Waals surface area contributed by atoms with Crippen molar-refractivity contribution in [1.82, 2.24) is 30.0 Å². The highest BCUT2D eigenvalue weighted by Gasteiger charge is 2.35. The lowest BCUT2D eigenvalue weighted by Crippen LogP contribution is -2.50. The number of likely N-dealkylation sites (N-methyl/N-ethyl adjacent to an activating group) is 1. The molecule has 1 saturated heterocycles. The van der Waals surface area contributed by atoms with Crippen molar-refractivity contribution in [3.8, 4) is 22.5 Å². The van der Waals surface area contributed by atoms with Crippen LogP contribution in [0.25, 0.3) is 22.5 Å². The molecular weight excluding hydrogens is 616 g/mol. The monoisotopic (exact) mass is 656 g/mol. The molecule has 1 aliphatic heterocycles. The topological polar surface area (TPSA) is 163 Å². The third kappa shape index (κ3) is 7.68. The summed E-state index contributed by atoms with van der Waals surface area (Å²) in [6.07, 6.45) is 7.01. The minimum atomic E-state index is -0.947. The number of nitrogens with zero attached hydrogens (tertiary/aromatic N) is 7. The van der Waals surface area contributed by atoms with E-state index in [-0.39, 0.29) is 23.5 Å². The van der Waals surface area contributed by atoms with E-state index >= 15 is 0 Å². The van der Waals surface area contributed by atoms with E-state index in [0.29, 0.717) is 42.4 Å². The Kier molecular flexibility index (Phi) is 10.2. The summed E-state index contributed by atoms with van der Waals surface area (Å²) in [5.74, 6) is 0.582. The first-order valence-corrected chi connectivity index (χ1v) is 16.5. The molecule has 0 bridgehead atoms. The smallest absolute Gasteiger partial charge is 0.251 e. The Morgan fingerprint density at radius 1 is 0.979 bits per heavy atom. The average Bonchev–Trinajstić information content (AvgIpc) is 3.55. The Morgan fingerprint density at radius 2 is 1.68 bits per heavy atom. The summed E-state index contributed by atoms with van der Waals surface area (Å²) >= 11 is 5.91. The lowest BCUT2D eigenvalue weighted by Gasteiger charge is -2.32. The van der Waals surface area contributed by atoms with Gasteiger partial charge >= 0.3 is 0 Å².